The van der Waals surface area contributed by atoms with E-state index in [1.807, 2.05) is 0 Å². The van der Waals surface area contributed by atoms with Gasteiger partial charge in [-0.15, -0.1) is 0 Å². The first-order valence-corrected chi connectivity index (χ1v) is 5.48. The molecule has 1 aromatic rings. The van der Waals surface area contributed by atoms with E-state index in [9.17, 15) is 19.8 Å². The third kappa shape index (κ3) is 1.78. The van der Waals surface area contributed by atoms with Crippen molar-refractivity contribution >= 4 is 11.7 Å². The number of amides is 1. The molecule has 0 spiro atoms. The molecule has 5 heteroatoms. The van der Waals surface area contributed by atoms with Crippen LogP contribution in [0.25, 0.3) is 0 Å². The zero-order valence-corrected chi connectivity index (χ0v) is 9.83. The van der Waals surface area contributed by atoms with Gasteiger partial charge in [0, 0.05) is 0 Å². The second-order valence-electron chi connectivity index (χ2n) is 4.05. The highest BCUT2D eigenvalue weighted by molar-refractivity contribution is 6.08. The lowest BCUT2D eigenvalue weighted by Gasteiger charge is -2.24. The number of benzene rings is 1. The van der Waals surface area contributed by atoms with Gasteiger partial charge in [-0.05, 0) is 12.5 Å². The van der Waals surface area contributed by atoms with Crippen LogP contribution in [-0.2, 0) is 9.59 Å². The SMILES string of the molecule is CC(=O)C1=C(O)C(=O)N(CO)[C@@H]1c1ccccc1. The number of hydrogen-bond acceptors (Lipinski definition) is 4. The Kier molecular flexibility index (Phi) is 3.16. The molecule has 1 aliphatic rings. The van der Waals surface area contributed by atoms with Crippen molar-refractivity contribution in [3.05, 3.63) is 47.2 Å². The van der Waals surface area contributed by atoms with Crippen LogP contribution in [0.5, 0.6) is 0 Å². The van der Waals surface area contributed by atoms with Gasteiger partial charge < -0.3 is 15.1 Å². The molecule has 1 amide bonds. The lowest BCUT2D eigenvalue weighted by molar-refractivity contribution is -0.133. The van der Waals surface area contributed by atoms with Crippen molar-refractivity contribution in [1.29, 1.82) is 0 Å². The number of hydrogen-bond donors (Lipinski definition) is 2. The molecule has 1 atom stereocenters. The van der Waals surface area contributed by atoms with Gasteiger partial charge in [0.05, 0.1) is 11.6 Å². The van der Waals surface area contributed by atoms with Gasteiger partial charge in [0.15, 0.2) is 11.5 Å². The largest absolute Gasteiger partial charge is 0.503 e. The van der Waals surface area contributed by atoms with E-state index < -0.39 is 24.4 Å². The van der Waals surface area contributed by atoms with Crippen molar-refractivity contribution < 1.29 is 19.8 Å². The van der Waals surface area contributed by atoms with Crippen LogP contribution < -0.4 is 0 Å². The molecule has 0 radical (unpaired) electrons. The molecule has 2 rings (SSSR count). The van der Waals surface area contributed by atoms with Crippen LogP contribution in [0.15, 0.2) is 41.7 Å². The molecular formula is C13H13NO4. The highest BCUT2D eigenvalue weighted by Crippen LogP contribution is 2.36. The highest BCUT2D eigenvalue weighted by Gasteiger charge is 2.41. The van der Waals surface area contributed by atoms with Crippen molar-refractivity contribution in [2.24, 2.45) is 0 Å². The number of rotatable bonds is 3. The van der Waals surface area contributed by atoms with Crippen LogP contribution in [0.4, 0.5) is 0 Å². The Bertz CT molecular complexity index is 521. The lowest BCUT2D eigenvalue weighted by atomic mass is 9.97. The monoisotopic (exact) mass is 247 g/mol. The smallest absolute Gasteiger partial charge is 0.291 e. The van der Waals surface area contributed by atoms with E-state index in [2.05, 4.69) is 0 Å². The van der Waals surface area contributed by atoms with Crippen molar-refractivity contribution in [3.8, 4) is 0 Å². The summed E-state index contributed by atoms with van der Waals surface area (Å²) >= 11 is 0. The van der Waals surface area contributed by atoms with Gasteiger partial charge in [-0.2, -0.15) is 0 Å². The van der Waals surface area contributed by atoms with E-state index in [0.717, 1.165) is 4.90 Å². The minimum atomic E-state index is -0.725. The summed E-state index contributed by atoms with van der Waals surface area (Å²) in [6.45, 7) is 0.731. The molecule has 1 aromatic carbocycles. The molecule has 5 nitrogen and oxygen atoms in total. The van der Waals surface area contributed by atoms with Gasteiger partial charge in [-0.3, -0.25) is 9.59 Å². The molecule has 0 fully saturated rings. The van der Waals surface area contributed by atoms with Crippen LogP contribution in [0.1, 0.15) is 18.5 Å². The predicted octanol–water partition coefficient (Wildman–Crippen LogP) is 0.921. The molecule has 18 heavy (non-hydrogen) atoms. The van der Waals surface area contributed by atoms with E-state index in [0.29, 0.717) is 5.56 Å². The minimum absolute atomic E-state index is 0.0280. The van der Waals surface area contributed by atoms with Gasteiger partial charge in [0.1, 0.15) is 6.73 Å². The zero-order chi connectivity index (χ0) is 13.3. The summed E-state index contributed by atoms with van der Waals surface area (Å²) in [6.07, 6.45) is 0. The normalized spacial score (nSPS) is 19.6. The molecule has 0 aliphatic carbocycles. The summed E-state index contributed by atoms with van der Waals surface area (Å²) in [6, 6.07) is 8.09. The Morgan fingerprint density at radius 1 is 1.33 bits per heavy atom. The average molecular weight is 247 g/mol. The Labute approximate surface area is 104 Å². The Morgan fingerprint density at radius 3 is 2.44 bits per heavy atom. The van der Waals surface area contributed by atoms with Crippen LogP contribution >= 0.6 is 0 Å². The predicted molar refractivity (Wildman–Crippen MR) is 63.5 cm³/mol. The molecule has 94 valence electrons. The first-order chi connectivity index (χ1) is 8.57. The summed E-state index contributed by atoms with van der Waals surface area (Å²) < 4.78 is 0. The fourth-order valence-corrected chi connectivity index (χ4v) is 2.14. The number of carbonyl (C=O) groups excluding carboxylic acids is 2. The van der Waals surface area contributed by atoms with Crippen LogP contribution in [0.2, 0.25) is 0 Å². The Hall–Kier alpha value is -2.14. The fraction of sp³-hybridized carbons (Fsp3) is 0.231. The molecular weight excluding hydrogens is 234 g/mol. The average Bonchev–Trinajstić information content (AvgIpc) is 2.63. The Morgan fingerprint density at radius 2 is 1.94 bits per heavy atom. The first-order valence-electron chi connectivity index (χ1n) is 5.48. The maximum Gasteiger partial charge on any atom is 0.291 e. The number of Topliss-reactive ketones (excluding diaryl/α,β-unsaturated/α-hetero) is 1. The summed E-state index contributed by atoms with van der Waals surface area (Å²) in [4.78, 5) is 24.4. The van der Waals surface area contributed by atoms with E-state index in [1.54, 1.807) is 30.3 Å². The molecule has 0 unspecified atom stereocenters. The summed E-state index contributed by atoms with van der Waals surface area (Å²) in [5.41, 5.74) is 0.703. The summed E-state index contributed by atoms with van der Waals surface area (Å²) in [7, 11) is 0. The number of nitrogens with zero attached hydrogens (tertiary/aromatic N) is 1. The molecule has 2 N–H and O–H groups in total. The van der Waals surface area contributed by atoms with E-state index in [4.69, 9.17) is 0 Å². The van der Waals surface area contributed by atoms with E-state index in [-0.39, 0.29) is 11.4 Å². The lowest BCUT2D eigenvalue weighted by Crippen LogP contribution is -2.31. The van der Waals surface area contributed by atoms with Gasteiger partial charge in [-0.25, -0.2) is 0 Å². The van der Waals surface area contributed by atoms with Gasteiger partial charge in [0.25, 0.3) is 5.91 Å². The van der Waals surface area contributed by atoms with Gasteiger partial charge in [0.2, 0.25) is 0 Å². The number of ketones is 1. The number of aliphatic hydroxyl groups excluding tert-OH is 2. The molecule has 1 aliphatic heterocycles. The van der Waals surface area contributed by atoms with Crippen molar-refractivity contribution in [2.75, 3.05) is 6.73 Å². The topological polar surface area (TPSA) is 77.8 Å². The van der Waals surface area contributed by atoms with Crippen LogP contribution in [0, 0.1) is 0 Å². The van der Waals surface area contributed by atoms with Crippen molar-refractivity contribution in [2.45, 2.75) is 13.0 Å². The number of aliphatic hydroxyl groups is 2. The molecule has 1 heterocycles. The maximum atomic E-state index is 11.7. The maximum absolute atomic E-state index is 11.7. The summed E-state index contributed by atoms with van der Waals surface area (Å²) in [5.74, 6) is -1.69. The van der Waals surface area contributed by atoms with Crippen LogP contribution in [-0.4, -0.2) is 33.5 Å². The first kappa shape index (κ1) is 12.3. The van der Waals surface area contributed by atoms with Gasteiger partial charge >= 0.3 is 0 Å². The second kappa shape index (κ2) is 4.62. The quantitative estimate of drug-likeness (QED) is 0.832. The summed E-state index contributed by atoms with van der Waals surface area (Å²) in [5, 5.41) is 19.0. The standard InChI is InChI=1S/C13H13NO4/c1-8(16)10-11(9-5-3-2-4-6-9)14(7-15)13(18)12(10)17/h2-6,11,15,17H,7H2,1H3/t11-/m1/s1. The Balaban J connectivity index is 2.55. The zero-order valence-electron chi connectivity index (χ0n) is 9.83. The molecule has 0 saturated carbocycles. The van der Waals surface area contributed by atoms with Crippen molar-refractivity contribution in [3.63, 3.8) is 0 Å². The third-order valence-electron chi connectivity index (χ3n) is 2.95. The van der Waals surface area contributed by atoms with E-state index >= 15 is 0 Å². The second-order valence-corrected chi connectivity index (χ2v) is 4.05. The fourth-order valence-electron chi connectivity index (χ4n) is 2.14. The van der Waals surface area contributed by atoms with Crippen molar-refractivity contribution in [1.82, 2.24) is 4.90 Å². The van der Waals surface area contributed by atoms with Crippen LogP contribution in [0.3, 0.4) is 0 Å². The molecule has 0 aromatic heterocycles. The number of carbonyl (C=O) groups is 2. The molecule has 0 saturated heterocycles. The minimum Gasteiger partial charge on any atom is -0.503 e. The van der Waals surface area contributed by atoms with Gasteiger partial charge in [-0.1, -0.05) is 30.3 Å². The molecule has 0 bridgehead atoms. The highest BCUT2D eigenvalue weighted by atomic mass is 16.3. The van der Waals surface area contributed by atoms with E-state index in [1.165, 1.54) is 6.92 Å². The third-order valence-corrected chi connectivity index (χ3v) is 2.95.